The Morgan fingerprint density at radius 1 is 1.21 bits per heavy atom. The first-order valence-corrected chi connectivity index (χ1v) is 9.11. The summed E-state index contributed by atoms with van der Waals surface area (Å²) in [5.41, 5.74) is 2.59. The van der Waals surface area contributed by atoms with Crippen LogP contribution in [0.2, 0.25) is 0 Å². The number of H-pyrrole nitrogens is 1. The van der Waals surface area contributed by atoms with Gasteiger partial charge in [-0.15, -0.1) is 0 Å². The first-order chi connectivity index (χ1) is 13.6. The molecule has 0 aliphatic carbocycles. The minimum atomic E-state index is -0.937. The van der Waals surface area contributed by atoms with Crippen LogP contribution in [0.15, 0.2) is 42.7 Å². The van der Waals surface area contributed by atoms with Gasteiger partial charge in [0.1, 0.15) is 17.9 Å². The van der Waals surface area contributed by atoms with Crippen LogP contribution in [0.4, 0.5) is 0 Å². The van der Waals surface area contributed by atoms with Crippen molar-refractivity contribution in [3.05, 3.63) is 54.1 Å². The molecule has 1 fully saturated rings. The van der Waals surface area contributed by atoms with Gasteiger partial charge in [-0.25, -0.2) is 0 Å². The Hall–Kier alpha value is -3.49. The van der Waals surface area contributed by atoms with E-state index >= 15 is 0 Å². The number of carboxylic acids is 1. The summed E-state index contributed by atoms with van der Waals surface area (Å²) in [6.45, 7) is 0.989. The molecule has 0 spiro atoms. The van der Waals surface area contributed by atoms with E-state index in [0.717, 1.165) is 18.5 Å². The van der Waals surface area contributed by atoms with E-state index in [-0.39, 0.29) is 18.4 Å². The zero-order chi connectivity index (χ0) is 19.5. The zero-order valence-corrected chi connectivity index (χ0v) is 15.2. The van der Waals surface area contributed by atoms with Gasteiger partial charge in [-0.1, -0.05) is 6.07 Å². The number of likely N-dealkylation sites (tertiary alicyclic amines) is 1. The van der Waals surface area contributed by atoms with E-state index in [2.05, 4.69) is 20.3 Å². The molecule has 144 valence electrons. The van der Waals surface area contributed by atoms with Crippen molar-refractivity contribution in [3.63, 3.8) is 0 Å². The van der Waals surface area contributed by atoms with Crippen molar-refractivity contribution in [3.8, 4) is 11.4 Å². The number of aliphatic carboxylic acids is 1. The summed E-state index contributed by atoms with van der Waals surface area (Å²) < 4.78 is 1.50. The summed E-state index contributed by atoms with van der Waals surface area (Å²) in [6.07, 6.45) is 5.02. The molecule has 9 nitrogen and oxygen atoms in total. The highest BCUT2D eigenvalue weighted by atomic mass is 16.4. The number of aromatic amines is 1. The Bertz CT molecular complexity index is 980. The van der Waals surface area contributed by atoms with Crippen molar-refractivity contribution >= 4 is 11.9 Å². The van der Waals surface area contributed by atoms with Gasteiger partial charge in [0.05, 0.1) is 5.69 Å². The van der Waals surface area contributed by atoms with E-state index in [4.69, 9.17) is 5.11 Å². The first-order valence-electron chi connectivity index (χ1n) is 9.11. The fourth-order valence-electron chi connectivity index (χ4n) is 3.60. The highest BCUT2D eigenvalue weighted by molar-refractivity contribution is 5.93. The van der Waals surface area contributed by atoms with Gasteiger partial charge < -0.3 is 10.0 Å². The second-order valence-corrected chi connectivity index (χ2v) is 6.78. The Morgan fingerprint density at radius 2 is 2.11 bits per heavy atom. The molecule has 3 aromatic heterocycles. The summed E-state index contributed by atoms with van der Waals surface area (Å²) in [6, 6.07) is 9.07. The number of rotatable bonds is 5. The maximum Gasteiger partial charge on any atom is 0.325 e. The topological polar surface area (TPSA) is 117 Å². The van der Waals surface area contributed by atoms with Crippen molar-refractivity contribution in [2.75, 3.05) is 13.1 Å². The number of aromatic nitrogens is 5. The molecule has 0 unspecified atom stereocenters. The van der Waals surface area contributed by atoms with Crippen molar-refractivity contribution in [2.45, 2.75) is 25.3 Å². The summed E-state index contributed by atoms with van der Waals surface area (Å²) in [5.74, 6) is -1.00. The van der Waals surface area contributed by atoms with E-state index in [1.165, 1.54) is 4.68 Å². The molecule has 4 rings (SSSR count). The lowest BCUT2D eigenvalue weighted by Gasteiger charge is -2.32. The van der Waals surface area contributed by atoms with Gasteiger partial charge in [-0.2, -0.15) is 10.2 Å². The van der Waals surface area contributed by atoms with Crippen LogP contribution in [0.25, 0.3) is 11.4 Å². The molecule has 0 aromatic carbocycles. The van der Waals surface area contributed by atoms with E-state index < -0.39 is 5.97 Å². The van der Waals surface area contributed by atoms with Crippen LogP contribution < -0.4 is 0 Å². The monoisotopic (exact) mass is 380 g/mol. The SMILES string of the molecule is O=C(O)Cn1nccc1[C@H]1CCCN(C(=O)c2cc(-c3ccccn3)n[nH]2)C1. The Balaban J connectivity index is 1.49. The molecule has 0 radical (unpaired) electrons. The van der Waals surface area contributed by atoms with Crippen LogP contribution in [0.3, 0.4) is 0 Å². The van der Waals surface area contributed by atoms with Gasteiger partial charge in [-0.05, 0) is 37.1 Å². The number of hydrogen-bond donors (Lipinski definition) is 2. The van der Waals surface area contributed by atoms with E-state index in [1.54, 1.807) is 23.4 Å². The van der Waals surface area contributed by atoms with Crippen molar-refractivity contribution < 1.29 is 14.7 Å². The highest BCUT2D eigenvalue weighted by Crippen LogP contribution is 2.28. The minimum absolute atomic E-state index is 0.0535. The third kappa shape index (κ3) is 3.64. The van der Waals surface area contributed by atoms with Crippen LogP contribution in [0, 0.1) is 0 Å². The Kier molecular flexibility index (Phi) is 4.88. The van der Waals surface area contributed by atoms with Crippen molar-refractivity contribution in [2.24, 2.45) is 0 Å². The van der Waals surface area contributed by atoms with Crippen LogP contribution in [-0.4, -0.2) is 59.9 Å². The molecule has 2 N–H and O–H groups in total. The number of pyridine rings is 1. The number of nitrogens with zero attached hydrogens (tertiary/aromatic N) is 5. The molecule has 1 amide bonds. The molecule has 4 heterocycles. The van der Waals surface area contributed by atoms with Crippen molar-refractivity contribution in [1.29, 1.82) is 0 Å². The molecule has 28 heavy (non-hydrogen) atoms. The average molecular weight is 380 g/mol. The maximum absolute atomic E-state index is 12.9. The Labute approximate surface area is 161 Å². The summed E-state index contributed by atoms with van der Waals surface area (Å²) >= 11 is 0. The number of hydrogen-bond acceptors (Lipinski definition) is 5. The van der Waals surface area contributed by atoms with Crippen LogP contribution >= 0.6 is 0 Å². The van der Waals surface area contributed by atoms with Gasteiger partial charge >= 0.3 is 5.97 Å². The lowest BCUT2D eigenvalue weighted by atomic mass is 9.94. The predicted molar refractivity (Wildman–Crippen MR) is 99.6 cm³/mol. The van der Waals surface area contributed by atoms with E-state index in [0.29, 0.717) is 30.2 Å². The van der Waals surface area contributed by atoms with Gasteiger partial charge in [0.15, 0.2) is 0 Å². The molecule has 9 heteroatoms. The second-order valence-electron chi connectivity index (χ2n) is 6.78. The van der Waals surface area contributed by atoms with Gasteiger partial charge in [0.25, 0.3) is 5.91 Å². The van der Waals surface area contributed by atoms with Gasteiger partial charge in [0.2, 0.25) is 0 Å². The normalized spacial score (nSPS) is 16.9. The number of carbonyl (C=O) groups is 2. The zero-order valence-electron chi connectivity index (χ0n) is 15.2. The average Bonchev–Trinajstić information content (AvgIpc) is 3.37. The molecule has 1 aliphatic rings. The quantitative estimate of drug-likeness (QED) is 0.697. The molecule has 3 aromatic rings. The van der Waals surface area contributed by atoms with E-state index in [1.807, 2.05) is 24.3 Å². The third-order valence-electron chi connectivity index (χ3n) is 4.90. The highest BCUT2D eigenvalue weighted by Gasteiger charge is 2.28. The summed E-state index contributed by atoms with van der Waals surface area (Å²) in [5, 5.41) is 20.2. The number of piperidine rings is 1. The van der Waals surface area contributed by atoms with Crippen LogP contribution in [0.5, 0.6) is 0 Å². The predicted octanol–water partition coefficient (Wildman–Crippen LogP) is 1.77. The molecular weight excluding hydrogens is 360 g/mol. The number of carboxylic acid groups (broad SMARTS) is 1. The molecular formula is C19H20N6O3. The maximum atomic E-state index is 12.9. The third-order valence-corrected chi connectivity index (χ3v) is 4.90. The lowest BCUT2D eigenvalue weighted by Crippen LogP contribution is -2.40. The minimum Gasteiger partial charge on any atom is -0.480 e. The number of nitrogens with one attached hydrogen (secondary N) is 1. The van der Waals surface area contributed by atoms with Crippen molar-refractivity contribution in [1.82, 2.24) is 29.9 Å². The molecule has 0 bridgehead atoms. The van der Waals surface area contributed by atoms with Gasteiger partial charge in [-0.3, -0.25) is 24.4 Å². The summed E-state index contributed by atoms with van der Waals surface area (Å²) in [4.78, 5) is 30.0. The molecule has 0 saturated carbocycles. The fourth-order valence-corrected chi connectivity index (χ4v) is 3.60. The van der Waals surface area contributed by atoms with Crippen LogP contribution in [-0.2, 0) is 11.3 Å². The largest absolute Gasteiger partial charge is 0.480 e. The fraction of sp³-hybridized carbons (Fsp3) is 0.316. The summed E-state index contributed by atoms with van der Waals surface area (Å²) in [7, 11) is 0. The van der Waals surface area contributed by atoms with Gasteiger partial charge in [0, 0.05) is 37.1 Å². The molecule has 1 atom stereocenters. The van der Waals surface area contributed by atoms with Crippen LogP contribution in [0.1, 0.15) is 34.9 Å². The second kappa shape index (κ2) is 7.63. The smallest absolute Gasteiger partial charge is 0.325 e. The standard InChI is InChI=1S/C19H20N6O3/c26-18(27)12-25-17(6-8-21-25)13-4-3-9-24(11-13)19(28)16-10-15(22-23-16)14-5-1-2-7-20-14/h1-2,5-8,10,13H,3-4,9,11-12H2,(H,22,23)(H,26,27)/t13-/m0/s1. The molecule has 1 aliphatic heterocycles. The van der Waals surface area contributed by atoms with E-state index in [9.17, 15) is 9.59 Å². The molecule has 1 saturated heterocycles. The Morgan fingerprint density at radius 3 is 2.89 bits per heavy atom. The lowest BCUT2D eigenvalue weighted by molar-refractivity contribution is -0.137. The first kappa shape index (κ1) is 17.9. The number of amides is 1. The number of carbonyl (C=O) groups excluding carboxylic acids is 1.